The molecule has 2 heterocycles. The molecule has 8 nitrogen and oxygen atoms in total. The molecule has 1 aromatic heterocycles. The summed E-state index contributed by atoms with van der Waals surface area (Å²) in [5.74, 6) is -0.238. The van der Waals surface area contributed by atoms with Gasteiger partial charge in [0.1, 0.15) is 13.2 Å². The molecule has 1 aliphatic rings. The van der Waals surface area contributed by atoms with Crippen LogP contribution in [0.15, 0.2) is 36.5 Å². The number of hydrogen-bond donors (Lipinski definition) is 2. The standard InChI is InChI=1S/C19H24N4O4/c1-22(2)15(14-5-4-8-23(14)3)12-20-18(24)19(25)21-13-6-7-16-17(11-13)27-10-9-26-16/h4-8,11,15H,9-10,12H2,1-3H3,(H,20,24)(H,21,25)/t15-/m0/s1. The van der Waals surface area contributed by atoms with Crippen LogP contribution in [0.4, 0.5) is 5.69 Å². The molecule has 0 bridgehead atoms. The van der Waals surface area contributed by atoms with Crippen molar-refractivity contribution in [1.82, 2.24) is 14.8 Å². The topological polar surface area (TPSA) is 84.8 Å². The van der Waals surface area contributed by atoms with Crippen molar-refractivity contribution in [2.24, 2.45) is 7.05 Å². The monoisotopic (exact) mass is 372 g/mol. The predicted octanol–water partition coefficient (Wildman–Crippen LogP) is 1.15. The Balaban J connectivity index is 1.59. The van der Waals surface area contributed by atoms with Crippen LogP contribution in [0.5, 0.6) is 11.5 Å². The van der Waals surface area contributed by atoms with Crippen molar-refractivity contribution >= 4 is 17.5 Å². The quantitative estimate of drug-likeness (QED) is 0.770. The summed E-state index contributed by atoms with van der Waals surface area (Å²) >= 11 is 0. The number of benzene rings is 1. The van der Waals surface area contributed by atoms with Gasteiger partial charge in [-0.15, -0.1) is 0 Å². The Bertz CT molecular complexity index is 831. The maximum absolute atomic E-state index is 12.2. The molecular formula is C19H24N4O4. The number of anilines is 1. The number of nitrogens with zero attached hydrogens (tertiary/aromatic N) is 2. The first kappa shape index (κ1) is 18.8. The van der Waals surface area contributed by atoms with Crippen LogP contribution in [-0.2, 0) is 16.6 Å². The maximum atomic E-state index is 12.2. The van der Waals surface area contributed by atoms with Crippen molar-refractivity contribution in [3.63, 3.8) is 0 Å². The molecule has 27 heavy (non-hydrogen) atoms. The van der Waals surface area contributed by atoms with Gasteiger partial charge < -0.3 is 24.7 Å². The minimum atomic E-state index is -0.726. The van der Waals surface area contributed by atoms with Crippen LogP contribution in [0.2, 0.25) is 0 Å². The number of aryl methyl sites for hydroxylation is 1. The third-order valence-corrected chi connectivity index (χ3v) is 4.41. The highest BCUT2D eigenvalue weighted by atomic mass is 16.6. The number of carbonyl (C=O) groups excluding carboxylic acids is 2. The van der Waals surface area contributed by atoms with Crippen LogP contribution in [0.1, 0.15) is 11.7 Å². The molecule has 144 valence electrons. The van der Waals surface area contributed by atoms with Gasteiger partial charge in [0.2, 0.25) is 0 Å². The van der Waals surface area contributed by atoms with E-state index in [1.54, 1.807) is 18.2 Å². The van der Waals surface area contributed by atoms with E-state index >= 15 is 0 Å². The number of fused-ring (bicyclic) bond motifs is 1. The Morgan fingerprint density at radius 3 is 2.56 bits per heavy atom. The third kappa shape index (κ3) is 4.40. The zero-order valence-corrected chi connectivity index (χ0v) is 15.7. The first-order valence-corrected chi connectivity index (χ1v) is 8.72. The van der Waals surface area contributed by atoms with Gasteiger partial charge in [0.05, 0.1) is 6.04 Å². The van der Waals surface area contributed by atoms with Gasteiger partial charge >= 0.3 is 11.8 Å². The highest BCUT2D eigenvalue weighted by molar-refractivity contribution is 6.39. The van der Waals surface area contributed by atoms with Crippen LogP contribution in [0.25, 0.3) is 0 Å². The molecule has 8 heteroatoms. The largest absolute Gasteiger partial charge is 0.486 e. The Hall–Kier alpha value is -3.00. The second-order valence-electron chi connectivity index (χ2n) is 6.55. The third-order valence-electron chi connectivity index (χ3n) is 4.41. The Morgan fingerprint density at radius 2 is 1.89 bits per heavy atom. The van der Waals surface area contributed by atoms with Gasteiger partial charge in [0.15, 0.2) is 11.5 Å². The van der Waals surface area contributed by atoms with Crippen molar-refractivity contribution in [2.45, 2.75) is 6.04 Å². The van der Waals surface area contributed by atoms with Crippen molar-refractivity contribution in [1.29, 1.82) is 0 Å². The van der Waals surface area contributed by atoms with E-state index in [0.717, 1.165) is 5.69 Å². The number of hydrogen-bond acceptors (Lipinski definition) is 5. The van der Waals surface area contributed by atoms with Crippen molar-refractivity contribution in [3.05, 3.63) is 42.2 Å². The SMILES string of the molecule is CN(C)[C@@H](CNC(=O)C(=O)Nc1ccc2c(c1)OCCO2)c1cccn1C. The minimum absolute atomic E-state index is 0.0453. The van der Waals surface area contributed by atoms with E-state index in [0.29, 0.717) is 36.9 Å². The number of aromatic nitrogens is 1. The molecule has 2 aromatic rings. The lowest BCUT2D eigenvalue weighted by atomic mass is 10.2. The van der Waals surface area contributed by atoms with Gasteiger partial charge in [-0.1, -0.05) is 0 Å². The van der Waals surface area contributed by atoms with Crippen LogP contribution in [0, 0.1) is 0 Å². The predicted molar refractivity (Wildman–Crippen MR) is 101 cm³/mol. The lowest BCUT2D eigenvalue weighted by Gasteiger charge is -2.25. The molecule has 1 aliphatic heterocycles. The molecule has 0 saturated heterocycles. The Labute approximate surface area is 158 Å². The molecule has 1 aromatic carbocycles. The summed E-state index contributed by atoms with van der Waals surface area (Å²) in [5.41, 5.74) is 1.53. The summed E-state index contributed by atoms with van der Waals surface area (Å²) in [6.45, 7) is 1.27. The number of rotatable bonds is 5. The summed E-state index contributed by atoms with van der Waals surface area (Å²) in [7, 11) is 5.81. The fourth-order valence-electron chi connectivity index (χ4n) is 2.95. The number of ether oxygens (including phenoxy) is 2. The van der Waals surface area contributed by atoms with Gasteiger partial charge in [0.25, 0.3) is 0 Å². The molecular weight excluding hydrogens is 348 g/mol. The molecule has 3 rings (SSSR count). The number of carbonyl (C=O) groups is 2. The van der Waals surface area contributed by atoms with Gasteiger partial charge in [-0.05, 0) is 38.4 Å². The zero-order chi connectivity index (χ0) is 19.4. The fourth-order valence-corrected chi connectivity index (χ4v) is 2.95. The second-order valence-corrected chi connectivity index (χ2v) is 6.55. The van der Waals surface area contributed by atoms with Gasteiger partial charge in [-0.25, -0.2) is 0 Å². The molecule has 0 radical (unpaired) electrons. The van der Waals surface area contributed by atoms with Crippen LogP contribution >= 0.6 is 0 Å². The normalized spacial score (nSPS) is 13.9. The first-order chi connectivity index (χ1) is 13.0. The zero-order valence-electron chi connectivity index (χ0n) is 15.7. The fraction of sp³-hybridized carbons (Fsp3) is 0.368. The van der Waals surface area contributed by atoms with Crippen LogP contribution < -0.4 is 20.1 Å². The highest BCUT2D eigenvalue weighted by Gasteiger charge is 2.21. The minimum Gasteiger partial charge on any atom is -0.486 e. The second kappa shape index (κ2) is 8.13. The number of nitrogens with one attached hydrogen (secondary N) is 2. The van der Waals surface area contributed by atoms with E-state index in [4.69, 9.17) is 9.47 Å². The van der Waals surface area contributed by atoms with E-state index in [-0.39, 0.29) is 6.04 Å². The lowest BCUT2D eigenvalue weighted by molar-refractivity contribution is -0.136. The molecule has 0 unspecified atom stereocenters. The van der Waals surface area contributed by atoms with Crippen LogP contribution in [-0.4, -0.2) is 55.1 Å². The molecule has 0 saturated carbocycles. The summed E-state index contributed by atoms with van der Waals surface area (Å²) < 4.78 is 12.9. The smallest absolute Gasteiger partial charge is 0.313 e. The van der Waals surface area contributed by atoms with Crippen LogP contribution in [0.3, 0.4) is 0 Å². The first-order valence-electron chi connectivity index (χ1n) is 8.72. The molecule has 2 amide bonds. The van der Waals surface area contributed by atoms with Gasteiger partial charge in [-0.3, -0.25) is 14.5 Å². The Morgan fingerprint density at radius 1 is 1.15 bits per heavy atom. The van der Waals surface area contributed by atoms with E-state index < -0.39 is 11.8 Å². The van der Waals surface area contributed by atoms with Crippen molar-refractivity contribution in [2.75, 3.05) is 39.2 Å². The van der Waals surface area contributed by atoms with Crippen molar-refractivity contribution in [3.8, 4) is 11.5 Å². The summed E-state index contributed by atoms with van der Waals surface area (Å²) in [4.78, 5) is 26.4. The van der Waals surface area contributed by atoms with E-state index in [2.05, 4.69) is 10.6 Å². The molecule has 0 spiro atoms. The molecule has 2 N–H and O–H groups in total. The average molecular weight is 372 g/mol. The van der Waals surface area contributed by atoms with Gasteiger partial charge in [-0.2, -0.15) is 0 Å². The van der Waals surface area contributed by atoms with Crippen molar-refractivity contribution < 1.29 is 19.1 Å². The molecule has 0 fully saturated rings. The van der Waals surface area contributed by atoms with Gasteiger partial charge in [0, 0.05) is 37.2 Å². The maximum Gasteiger partial charge on any atom is 0.313 e. The van der Waals surface area contributed by atoms with E-state index in [9.17, 15) is 9.59 Å². The molecule has 0 aliphatic carbocycles. The average Bonchev–Trinajstić information content (AvgIpc) is 3.07. The highest BCUT2D eigenvalue weighted by Crippen LogP contribution is 2.32. The summed E-state index contributed by atoms with van der Waals surface area (Å²) in [5, 5.41) is 5.29. The summed E-state index contributed by atoms with van der Waals surface area (Å²) in [6, 6.07) is 8.92. The Kier molecular flexibility index (Phi) is 5.66. The van der Waals surface area contributed by atoms with E-state index in [1.807, 2.05) is 48.9 Å². The van der Waals surface area contributed by atoms with E-state index in [1.165, 1.54) is 0 Å². The molecule has 1 atom stereocenters. The number of likely N-dealkylation sites (N-methyl/N-ethyl adjacent to an activating group) is 1. The summed E-state index contributed by atoms with van der Waals surface area (Å²) in [6.07, 6.45) is 1.95. The number of amides is 2. The lowest BCUT2D eigenvalue weighted by Crippen LogP contribution is -2.40.